The highest BCUT2D eigenvalue weighted by atomic mass is 16.5. The van der Waals surface area contributed by atoms with E-state index in [1.807, 2.05) is 117 Å². The average molecular weight is 1040 g/mol. The predicted octanol–water partition coefficient (Wildman–Crippen LogP) is 8.59. The summed E-state index contributed by atoms with van der Waals surface area (Å²) < 4.78 is 9.09. The minimum Gasteiger partial charge on any atom is -0.360 e. The van der Waals surface area contributed by atoms with E-state index in [9.17, 15) is 24.0 Å². The van der Waals surface area contributed by atoms with Crippen LogP contribution >= 0.6 is 0 Å². The van der Waals surface area contributed by atoms with Crippen molar-refractivity contribution >= 4 is 41.2 Å². The monoisotopic (exact) mass is 1040 g/mol. The van der Waals surface area contributed by atoms with Gasteiger partial charge >= 0.3 is 0 Å². The Kier molecular flexibility index (Phi) is 12.8. The number of nitrogens with zero attached hydrogens (tertiary/aromatic N) is 9. The van der Waals surface area contributed by atoms with E-state index in [0.29, 0.717) is 38.0 Å². The number of amides is 3. The van der Waals surface area contributed by atoms with Crippen molar-refractivity contribution in [2.75, 3.05) is 29.4 Å². The maximum Gasteiger partial charge on any atom is 0.247 e. The molecule has 0 saturated heterocycles. The van der Waals surface area contributed by atoms with Crippen LogP contribution in [0.5, 0.6) is 0 Å². The number of imidazole rings is 2. The molecule has 0 bridgehead atoms. The molecule has 1 N–H and O–H groups in total. The number of allylic oxidation sites excluding steroid dienone is 2. The van der Waals surface area contributed by atoms with E-state index in [4.69, 9.17) is 17.7 Å². The number of aromatic nitrogens is 5. The Bertz CT molecular complexity index is 3530. The third-order valence-corrected chi connectivity index (χ3v) is 16.4. The van der Waals surface area contributed by atoms with Crippen molar-refractivity contribution in [1.29, 1.82) is 0 Å². The number of ketones is 2. The molecule has 12 rings (SSSR count). The third kappa shape index (κ3) is 7.68. The van der Waals surface area contributed by atoms with Crippen LogP contribution in [0.4, 0.5) is 11.9 Å². The summed E-state index contributed by atoms with van der Waals surface area (Å²) in [7, 11) is 3.66. The van der Waals surface area contributed by atoms with Gasteiger partial charge in [-0.05, 0) is 53.7 Å². The Morgan fingerprint density at radius 2 is 1.01 bits per heavy atom. The number of hydrogen-bond donors (Lipinski definition) is 1. The van der Waals surface area contributed by atoms with Crippen molar-refractivity contribution in [3.63, 3.8) is 0 Å². The highest BCUT2D eigenvalue weighted by Crippen LogP contribution is 2.55. The van der Waals surface area contributed by atoms with Gasteiger partial charge in [-0.25, -0.2) is 19.7 Å². The summed E-state index contributed by atoms with van der Waals surface area (Å²) in [5.74, 6) is 1.10. The van der Waals surface area contributed by atoms with Crippen LogP contribution in [0.3, 0.4) is 0 Å². The van der Waals surface area contributed by atoms with Crippen LogP contribution in [-0.4, -0.2) is 73.2 Å². The van der Waals surface area contributed by atoms with Gasteiger partial charge in [-0.3, -0.25) is 24.2 Å². The zero-order valence-corrected chi connectivity index (χ0v) is 44.7. The maximum atomic E-state index is 14.0. The Morgan fingerprint density at radius 1 is 0.577 bits per heavy atom. The molecular formula is C62H58N10O6. The van der Waals surface area contributed by atoms with Gasteiger partial charge in [0.15, 0.2) is 11.6 Å². The molecule has 78 heavy (non-hydrogen) atoms. The van der Waals surface area contributed by atoms with Crippen molar-refractivity contribution in [3.05, 3.63) is 231 Å². The van der Waals surface area contributed by atoms with Crippen LogP contribution in [-0.2, 0) is 66.1 Å². The van der Waals surface area contributed by atoms with Gasteiger partial charge in [-0.1, -0.05) is 154 Å². The molecule has 16 nitrogen and oxygen atoms in total. The van der Waals surface area contributed by atoms with E-state index in [-0.39, 0.29) is 46.1 Å². The fourth-order valence-corrected chi connectivity index (χ4v) is 12.7. The van der Waals surface area contributed by atoms with Crippen molar-refractivity contribution in [3.8, 4) is 0 Å². The molecule has 0 saturated carbocycles. The number of carbonyl (C=O) groups is 5. The van der Waals surface area contributed by atoms with Crippen molar-refractivity contribution in [2.45, 2.75) is 69.6 Å². The Balaban J connectivity index is 0.000000133. The number of aryl methyl sites for hydroxylation is 2. The highest BCUT2D eigenvalue weighted by molar-refractivity contribution is 6.15. The highest BCUT2D eigenvalue weighted by Gasteiger charge is 2.60. The molecule has 392 valence electrons. The quantitative estimate of drug-likeness (QED) is 0.131. The number of carbonyl (C=O) groups excluding carboxylic acids is 5. The Labute approximate surface area is 452 Å². The number of hydrogen-bond acceptors (Lipinski definition) is 9. The average Bonchev–Trinajstić information content (AvgIpc) is 4.34. The molecule has 16 heteroatoms. The molecule has 3 aliphatic carbocycles. The SMILES string of the molecule is CC1(C)C2=CCNC(=O)C2(c2ccccc2)Cc2cnoc21.[C-]#[N+]C1=C[C@@]2(c3ccccc3)C(=O)N(c3nccn3C)CC=C2C(C)(C)C1=O.[C-]#[N+]C1=C[C@]2(c3ccccc3)C(=O)N(c3nccn3C)CC=C2C(C)(C)C1=O. The lowest BCUT2D eigenvalue weighted by Gasteiger charge is -2.48. The molecule has 6 aromatic rings. The molecule has 0 spiro atoms. The molecule has 3 aromatic carbocycles. The second-order valence-electron chi connectivity index (χ2n) is 21.9. The van der Waals surface area contributed by atoms with E-state index in [2.05, 4.69) is 50.1 Å². The van der Waals surface area contributed by atoms with Gasteiger partial charge in [-0.15, -0.1) is 0 Å². The molecule has 0 radical (unpaired) electrons. The van der Waals surface area contributed by atoms with E-state index in [1.54, 1.807) is 89.8 Å². The molecule has 6 heterocycles. The second-order valence-corrected chi connectivity index (χ2v) is 21.9. The minimum absolute atomic E-state index is 0.000966. The number of nitrogens with one attached hydrogen (secondary N) is 1. The fourth-order valence-electron chi connectivity index (χ4n) is 12.7. The van der Waals surface area contributed by atoms with Gasteiger partial charge in [0.25, 0.3) is 0 Å². The van der Waals surface area contributed by atoms with Crippen LogP contribution in [0.15, 0.2) is 185 Å². The standard InChI is InChI=1S/2C22H20N4O2.C18H18N2O2/c2*1-21(2)17-10-12-26(20-24-11-13-25(20)4)19(28)22(17,14-16(23-3)18(21)27)15-8-6-5-7-9-15;1-17(2)14-8-9-19-16(21)18(14,13-6-4-3-5-7-13)10-12-11-20-22-15(12)17/h2*5-11,13-14H,12H2,1-2,4H3;3-8,11H,9-10H2,1-2H3,(H,19,21)/t2*22-;/m10./s1. The normalized spacial score (nSPS) is 24.2. The topological polar surface area (TPSA) is 174 Å². The van der Waals surface area contributed by atoms with Crippen LogP contribution < -0.4 is 15.1 Å². The lowest BCUT2D eigenvalue weighted by molar-refractivity contribution is -0.127. The van der Waals surface area contributed by atoms with Gasteiger partial charge in [-0.2, -0.15) is 0 Å². The van der Waals surface area contributed by atoms with E-state index < -0.39 is 27.1 Å². The molecule has 3 amide bonds. The third-order valence-electron chi connectivity index (χ3n) is 16.4. The summed E-state index contributed by atoms with van der Waals surface area (Å²) in [4.78, 5) is 85.5. The van der Waals surface area contributed by atoms with Crippen molar-refractivity contribution < 1.29 is 28.5 Å². The van der Waals surface area contributed by atoms with Gasteiger partial charge in [0, 0.05) is 80.3 Å². The molecule has 1 unspecified atom stereocenters. The first-order chi connectivity index (χ1) is 37.2. The first-order valence-corrected chi connectivity index (χ1v) is 25.7. The van der Waals surface area contributed by atoms with E-state index >= 15 is 0 Å². The maximum absolute atomic E-state index is 14.0. The number of Topliss-reactive ketones (excluding diaryl/α,β-unsaturated/α-hetero) is 2. The number of fused-ring (bicyclic) bond motifs is 4. The summed E-state index contributed by atoms with van der Waals surface area (Å²) >= 11 is 0. The van der Waals surface area contributed by atoms with Crippen molar-refractivity contribution in [2.24, 2.45) is 24.9 Å². The summed E-state index contributed by atoms with van der Waals surface area (Å²) in [5, 5.41) is 6.99. The van der Waals surface area contributed by atoms with E-state index in [0.717, 1.165) is 44.7 Å². The summed E-state index contributed by atoms with van der Waals surface area (Å²) in [6.45, 7) is 27.7. The van der Waals surface area contributed by atoms with Gasteiger partial charge < -0.3 is 28.6 Å². The number of rotatable bonds is 5. The molecule has 3 aromatic heterocycles. The predicted molar refractivity (Wildman–Crippen MR) is 293 cm³/mol. The number of anilines is 2. The van der Waals surface area contributed by atoms with Gasteiger partial charge in [0.1, 0.15) is 22.0 Å². The van der Waals surface area contributed by atoms with E-state index in [1.165, 1.54) is 0 Å². The Morgan fingerprint density at radius 3 is 1.42 bits per heavy atom. The summed E-state index contributed by atoms with van der Waals surface area (Å²) in [6.07, 6.45) is 18.3. The molecule has 3 aliphatic heterocycles. The fraction of sp³-hybridized carbons (Fsp3) is 0.290. The van der Waals surface area contributed by atoms with Crippen LogP contribution in [0.1, 0.15) is 69.6 Å². The smallest absolute Gasteiger partial charge is 0.247 e. The van der Waals surface area contributed by atoms with Gasteiger partial charge in [0.05, 0.1) is 19.3 Å². The summed E-state index contributed by atoms with van der Waals surface area (Å²) in [6, 6.07) is 28.7. The van der Waals surface area contributed by atoms with Gasteiger partial charge in [0.2, 0.25) is 41.0 Å². The first-order valence-electron chi connectivity index (χ1n) is 25.7. The lowest BCUT2D eigenvalue weighted by Crippen LogP contribution is -2.57. The molecule has 3 atom stereocenters. The Hall–Kier alpha value is -9.28. The molecule has 6 aliphatic rings. The first kappa shape index (κ1) is 52.2. The molecular weight excluding hydrogens is 981 g/mol. The second kappa shape index (κ2) is 19.1. The number of benzene rings is 3. The van der Waals surface area contributed by atoms with Crippen LogP contribution in [0, 0.1) is 24.0 Å². The van der Waals surface area contributed by atoms with Crippen LogP contribution in [0.25, 0.3) is 9.69 Å². The lowest BCUT2D eigenvalue weighted by atomic mass is 9.56. The zero-order valence-electron chi connectivity index (χ0n) is 44.7. The van der Waals surface area contributed by atoms with Crippen LogP contribution in [0.2, 0.25) is 0 Å². The largest absolute Gasteiger partial charge is 0.360 e. The summed E-state index contributed by atoms with van der Waals surface area (Å²) in [5.41, 5.74) is 0.756. The van der Waals surface area contributed by atoms with Crippen molar-refractivity contribution in [1.82, 2.24) is 29.6 Å². The minimum atomic E-state index is -1.21. The zero-order chi connectivity index (χ0) is 55.6. The molecule has 0 fully saturated rings.